The van der Waals surface area contributed by atoms with Crippen LogP contribution >= 0.6 is 0 Å². The van der Waals surface area contributed by atoms with Gasteiger partial charge in [0.1, 0.15) is 0 Å². The molecular weight excluding hydrogens is 527 g/mol. The minimum absolute atomic E-state index is 1.37. The molecule has 0 rings (SSSR count). The monoisotopic (exact) mass is 555 g/mol. The van der Waals surface area contributed by atoms with Gasteiger partial charge in [-0.2, -0.15) is 0 Å². The number of unbranched alkanes of at least 4 members (excludes halogenated alkanes) is 1. The molecule has 0 unspecified atom stereocenters. The van der Waals surface area contributed by atoms with E-state index in [0.717, 1.165) is 0 Å². The molecule has 0 aliphatic carbocycles. The third-order valence-corrected chi connectivity index (χ3v) is 2.89. The molecule has 0 fully saturated rings. The second kappa shape index (κ2) is 13.5. The summed E-state index contributed by atoms with van der Waals surface area (Å²) in [6, 6.07) is 0. The van der Waals surface area contributed by atoms with E-state index in [0.29, 0.717) is 0 Å². The number of aliphatic hydroxyl groups is 18. The van der Waals surface area contributed by atoms with Crippen molar-refractivity contribution in [2.24, 2.45) is 0 Å². The molecule has 18 N–H and O–H groups in total. The fraction of sp³-hybridized carbons (Fsp3) is 1.00. The normalized spacial score (nSPS) is 13.2. The summed E-state index contributed by atoms with van der Waals surface area (Å²) in [5.74, 6) is -23.4. The van der Waals surface area contributed by atoms with Gasteiger partial charge in [-0.1, -0.05) is 0 Å². The van der Waals surface area contributed by atoms with E-state index in [9.17, 15) is 0 Å². The van der Waals surface area contributed by atoms with Crippen LogP contribution in [0, 0.1) is 0 Å². The molecule has 0 aromatic carbocycles. The van der Waals surface area contributed by atoms with Gasteiger partial charge in [0, 0.05) is 0 Å². The summed E-state index contributed by atoms with van der Waals surface area (Å²) in [6.07, 6.45) is 2.80. The van der Waals surface area contributed by atoms with Crippen LogP contribution < -0.4 is 0 Å². The number of hydrogen-bond acceptors (Lipinski definition) is 18. The first-order valence-electron chi connectivity index (χ1n) is 6.84. The first-order valence-corrected chi connectivity index (χ1v) is 8.85. The van der Waals surface area contributed by atoms with Crippen molar-refractivity contribution >= 4 is 22.5 Å². The van der Waals surface area contributed by atoms with Crippen LogP contribution in [0.4, 0.5) is 0 Å². The SMILES string of the molecule is CCC[CH2][Sn].OC(O)(O)C(O)(O)O.OC(O)(O)C(O)(O)O.OC(O)(O)C(O)(O)O. The van der Waals surface area contributed by atoms with Crippen molar-refractivity contribution in [1.29, 1.82) is 0 Å². The van der Waals surface area contributed by atoms with E-state index >= 15 is 0 Å². The third-order valence-electron chi connectivity index (χ3n) is 1.88. The number of rotatable bonds is 5. The van der Waals surface area contributed by atoms with Gasteiger partial charge in [-0.15, -0.1) is 0 Å². The Morgan fingerprint density at radius 1 is 0.414 bits per heavy atom. The molecule has 0 aliphatic rings. The molecule has 0 saturated carbocycles. The predicted molar refractivity (Wildman–Crippen MR) is 81.8 cm³/mol. The van der Waals surface area contributed by atoms with Crippen LogP contribution in [0.2, 0.25) is 4.44 Å². The van der Waals surface area contributed by atoms with E-state index in [1.165, 1.54) is 17.3 Å². The Labute approximate surface area is 175 Å². The Kier molecular flexibility index (Phi) is 16.9. The second-order valence-corrected chi connectivity index (χ2v) is 6.34. The van der Waals surface area contributed by atoms with E-state index in [2.05, 4.69) is 6.92 Å². The summed E-state index contributed by atoms with van der Waals surface area (Å²) < 4.78 is 1.43. The van der Waals surface area contributed by atoms with E-state index in [1.54, 1.807) is 22.5 Å². The molecule has 3 radical (unpaired) electrons. The van der Waals surface area contributed by atoms with Crippen molar-refractivity contribution in [1.82, 2.24) is 0 Å². The van der Waals surface area contributed by atoms with E-state index in [-0.39, 0.29) is 0 Å². The van der Waals surface area contributed by atoms with Crippen LogP contribution in [0.3, 0.4) is 0 Å². The third kappa shape index (κ3) is 22.6. The topological polar surface area (TPSA) is 364 Å². The van der Waals surface area contributed by atoms with Crippen LogP contribution in [-0.2, 0) is 0 Å². The standard InChI is InChI=1S/C4H9.3C2H6O6.Sn/c1-3-4-2;3*3-1(4,5)2(6,7)8;/h1,3-4H2,2H3;3*3-8H;. The van der Waals surface area contributed by atoms with Crippen LogP contribution in [0.15, 0.2) is 0 Å². The fourth-order valence-electron chi connectivity index (χ4n) is 0.177. The van der Waals surface area contributed by atoms with Gasteiger partial charge in [0.15, 0.2) is 0 Å². The second-order valence-electron chi connectivity index (χ2n) is 4.92. The summed E-state index contributed by atoms with van der Waals surface area (Å²) in [5, 5.41) is 139. The molecular formula is C10H27O18Sn. The van der Waals surface area contributed by atoms with Crippen LogP contribution in [0.5, 0.6) is 0 Å². The Bertz CT molecular complexity index is 293. The maximum absolute atomic E-state index is 7.72. The maximum atomic E-state index is 7.72. The predicted octanol–water partition coefficient (Wildman–Crippen LogP) is -9.88. The Morgan fingerprint density at radius 2 is 0.552 bits per heavy atom. The average Bonchev–Trinajstić information content (AvgIpc) is 2.34. The summed E-state index contributed by atoms with van der Waals surface area (Å²) in [6.45, 7) is 2.23. The van der Waals surface area contributed by atoms with Gasteiger partial charge in [0.25, 0.3) is 0 Å². The summed E-state index contributed by atoms with van der Waals surface area (Å²) in [7, 11) is 0. The molecule has 0 aromatic rings. The first kappa shape index (κ1) is 36.5. The molecule has 0 bridgehead atoms. The van der Waals surface area contributed by atoms with E-state index in [4.69, 9.17) is 91.9 Å². The van der Waals surface area contributed by atoms with Crippen molar-refractivity contribution < 1.29 is 91.9 Å². The smallest absolute Gasteiger partial charge is 0.337 e. The van der Waals surface area contributed by atoms with E-state index < -0.39 is 35.8 Å². The van der Waals surface area contributed by atoms with Gasteiger partial charge in [0.2, 0.25) is 0 Å². The van der Waals surface area contributed by atoms with E-state index in [1.807, 2.05) is 0 Å². The minimum atomic E-state index is -3.90. The molecule has 0 heterocycles. The van der Waals surface area contributed by atoms with Crippen LogP contribution in [0.1, 0.15) is 19.8 Å². The average molecular weight is 554 g/mol. The Balaban J connectivity index is -0.000000146. The van der Waals surface area contributed by atoms with Crippen molar-refractivity contribution in [3.8, 4) is 0 Å². The zero-order chi connectivity index (χ0) is 25.1. The zero-order valence-corrected chi connectivity index (χ0v) is 17.5. The number of hydrogen-bond donors (Lipinski definition) is 18. The molecule has 179 valence electrons. The van der Waals surface area contributed by atoms with Gasteiger partial charge < -0.3 is 91.9 Å². The summed E-state index contributed by atoms with van der Waals surface area (Å²) in [4.78, 5) is 0. The minimum Gasteiger partial charge on any atom is -0.337 e. The van der Waals surface area contributed by atoms with Crippen molar-refractivity contribution in [2.75, 3.05) is 0 Å². The van der Waals surface area contributed by atoms with Crippen LogP contribution in [-0.4, -0.2) is 150 Å². The van der Waals surface area contributed by atoms with Gasteiger partial charge in [0.05, 0.1) is 0 Å². The maximum Gasteiger partial charge on any atom is 0.362 e. The van der Waals surface area contributed by atoms with Crippen molar-refractivity contribution in [2.45, 2.75) is 60.0 Å². The molecule has 0 amide bonds. The van der Waals surface area contributed by atoms with Crippen molar-refractivity contribution in [3.63, 3.8) is 0 Å². The molecule has 18 nitrogen and oxygen atoms in total. The largest absolute Gasteiger partial charge is 0.362 e. The van der Waals surface area contributed by atoms with Gasteiger partial charge in [-0.25, -0.2) is 0 Å². The summed E-state index contributed by atoms with van der Waals surface area (Å²) >= 11 is 1.68. The zero-order valence-electron chi connectivity index (χ0n) is 14.7. The van der Waals surface area contributed by atoms with Gasteiger partial charge in [-0.05, 0) is 0 Å². The van der Waals surface area contributed by atoms with Gasteiger partial charge in [-0.3, -0.25) is 0 Å². The first-order chi connectivity index (χ1) is 12.2. The molecule has 0 atom stereocenters. The quantitative estimate of drug-likeness (QED) is 0.111. The Hall–Kier alpha value is 0.0787. The molecule has 0 spiro atoms. The molecule has 29 heavy (non-hydrogen) atoms. The molecule has 0 saturated heterocycles. The van der Waals surface area contributed by atoms with Crippen molar-refractivity contribution in [3.05, 3.63) is 0 Å². The van der Waals surface area contributed by atoms with Crippen LogP contribution in [0.25, 0.3) is 0 Å². The fourth-order valence-corrected chi connectivity index (χ4v) is 1.19. The molecule has 0 aliphatic heterocycles. The molecule has 0 aromatic heterocycles. The summed E-state index contributed by atoms with van der Waals surface area (Å²) in [5.41, 5.74) is 0. The Morgan fingerprint density at radius 3 is 0.552 bits per heavy atom. The molecule has 19 heteroatoms. The van der Waals surface area contributed by atoms with Gasteiger partial charge >= 0.3 is 82.6 Å².